The Morgan fingerprint density at radius 2 is 0.885 bits per heavy atom. The van der Waals surface area contributed by atoms with Crippen molar-refractivity contribution in [3.8, 4) is 66.8 Å². The average molecular weight is 787 g/mol. The maximum Gasteiger partial charge on any atom is 0.509 e. The Morgan fingerprint density at radius 1 is 0.426 bits per heavy atom. The number of carbonyl (C=O) groups excluding carboxylic acids is 1. The monoisotopic (exact) mass is 786 g/mol. The summed E-state index contributed by atoms with van der Waals surface area (Å²) in [6, 6.07) is 73.9. The van der Waals surface area contributed by atoms with Gasteiger partial charge in [0.15, 0.2) is 6.10 Å². The Balaban J connectivity index is 1.29. The van der Waals surface area contributed by atoms with E-state index in [2.05, 4.69) is 213 Å². The second-order valence-electron chi connectivity index (χ2n) is 16.2. The molecular formula is C58H42O3. The third-order valence-electron chi connectivity index (χ3n) is 12.7. The third-order valence-corrected chi connectivity index (χ3v) is 12.7. The molecule has 0 radical (unpaired) electrons. The van der Waals surface area contributed by atoms with Crippen LogP contribution in [0.2, 0.25) is 0 Å². The van der Waals surface area contributed by atoms with Gasteiger partial charge in [-0.25, -0.2) is 4.79 Å². The van der Waals surface area contributed by atoms with E-state index in [4.69, 9.17) is 9.47 Å². The van der Waals surface area contributed by atoms with Crippen molar-refractivity contribution in [2.24, 2.45) is 0 Å². The standard InChI is InChI=1S/C58H42O3/c1-37-18-14-15-27-44(37)56-55-51(36-52-57(56)61-58(59)60-52)53(47-32-30-42(38-19-6-2-7-20-38)34-49(47)40-23-10-4-11-24-40)45-28-16-17-29-46(45)54(55)48-33-31-43(39-21-8-3-9-22-39)35-50(48)41-25-12-5-13-26-41/h2-35,52,56-57H,36H2,1H3. The van der Waals surface area contributed by atoms with Crippen LogP contribution in [0.25, 0.3) is 77.5 Å². The molecule has 1 aliphatic carbocycles. The summed E-state index contributed by atoms with van der Waals surface area (Å²) in [5.41, 5.74) is 18.4. The highest BCUT2D eigenvalue weighted by Crippen LogP contribution is 2.55. The molecule has 0 N–H and O–H groups in total. The summed E-state index contributed by atoms with van der Waals surface area (Å²) in [5.74, 6) is -0.305. The second-order valence-corrected chi connectivity index (χ2v) is 16.2. The number of hydrogen-bond donors (Lipinski definition) is 0. The van der Waals surface area contributed by atoms with Gasteiger partial charge in [-0.1, -0.05) is 194 Å². The maximum absolute atomic E-state index is 13.3. The third kappa shape index (κ3) is 6.42. The number of rotatable bonds is 7. The lowest BCUT2D eigenvalue weighted by atomic mass is 9.67. The van der Waals surface area contributed by atoms with Crippen molar-refractivity contribution in [1.29, 1.82) is 0 Å². The zero-order valence-electron chi connectivity index (χ0n) is 33.8. The molecule has 9 aromatic rings. The van der Waals surface area contributed by atoms with E-state index in [0.717, 1.165) is 83.1 Å². The maximum atomic E-state index is 13.3. The van der Waals surface area contributed by atoms with Crippen molar-refractivity contribution in [1.82, 2.24) is 0 Å². The van der Waals surface area contributed by atoms with Crippen LogP contribution in [0.4, 0.5) is 4.79 Å². The first-order chi connectivity index (χ1) is 30.1. The second kappa shape index (κ2) is 15.3. The molecule has 9 aromatic carbocycles. The molecular weight excluding hydrogens is 745 g/mol. The molecule has 1 heterocycles. The molecule has 3 atom stereocenters. The predicted octanol–water partition coefficient (Wildman–Crippen LogP) is 14.7. The molecule has 0 aromatic heterocycles. The van der Waals surface area contributed by atoms with Gasteiger partial charge in [0.05, 0.1) is 5.92 Å². The molecule has 3 unspecified atom stereocenters. The fourth-order valence-corrected chi connectivity index (χ4v) is 10.0. The fraction of sp³-hybridized carbons (Fsp3) is 0.0862. The number of carbonyl (C=O) groups is 1. The van der Waals surface area contributed by atoms with E-state index in [0.29, 0.717) is 6.42 Å². The summed E-state index contributed by atoms with van der Waals surface area (Å²) in [6.07, 6.45) is -1.07. The van der Waals surface area contributed by atoms with Gasteiger partial charge in [-0.3, -0.25) is 0 Å². The van der Waals surface area contributed by atoms with Gasteiger partial charge in [-0.05, 0) is 119 Å². The molecule has 0 amide bonds. The van der Waals surface area contributed by atoms with E-state index in [1.807, 2.05) is 0 Å². The van der Waals surface area contributed by atoms with E-state index in [9.17, 15) is 4.79 Å². The van der Waals surface area contributed by atoms with Gasteiger partial charge >= 0.3 is 6.16 Å². The Hall–Kier alpha value is -7.49. The highest BCUT2D eigenvalue weighted by atomic mass is 16.8. The van der Waals surface area contributed by atoms with Crippen molar-refractivity contribution in [2.75, 3.05) is 0 Å². The molecule has 1 fully saturated rings. The van der Waals surface area contributed by atoms with Gasteiger partial charge < -0.3 is 9.47 Å². The molecule has 3 heteroatoms. The minimum absolute atomic E-state index is 0.305. The summed E-state index contributed by atoms with van der Waals surface area (Å²) in [5, 5.41) is 2.30. The zero-order valence-corrected chi connectivity index (χ0v) is 33.8. The fourth-order valence-electron chi connectivity index (χ4n) is 10.0. The number of ether oxygens (including phenoxy) is 2. The first-order valence-corrected chi connectivity index (χ1v) is 21.1. The minimum Gasteiger partial charge on any atom is -0.427 e. The smallest absolute Gasteiger partial charge is 0.427 e. The molecule has 3 nitrogen and oxygen atoms in total. The van der Waals surface area contributed by atoms with Crippen LogP contribution in [0.5, 0.6) is 0 Å². The Morgan fingerprint density at radius 3 is 1.43 bits per heavy atom. The Labute approximate surface area is 356 Å². The SMILES string of the molecule is Cc1ccccc1C1c2c(c(-c3ccc(-c4ccccc4)cc3-c3ccccc3)c3ccccc3c2-c2ccc(-c3ccccc3)cc2-c2ccccc2)CC2OC(=O)OC21. The Bertz CT molecular complexity index is 3080. The molecule has 11 rings (SSSR count). The number of benzene rings is 9. The minimum atomic E-state index is -0.608. The first kappa shape index (κ1) is 36.6. The summed E-state index contributed by atoms with van der Waals surface area (Å²) < 4.78 is 12.4. The topological polar surface area (TPSA) is 35.5 Å². The molecule has 0 saturated carbocycles. The summed E-state index contributed by atoms with van der Waals surface area (Å²) in [7, 11) is 0. The number of aryl methyl sites for hydroxylation is 1. The largest absolute Gasteiger partial charge is 0.509 e. The highest BCUT2D eigenvalue weighted by molar-refractivity contribution is 6.12. The predicted molar refractivity (Wildman–Crippen MR) is 248 cm³/mol. The summed E-state index contributed by atoms with van der Waals surface area (Å²) in [4.78, 5) is 13.3. The molecule has 61 heavy (non-hydrogen) atoms. The molecule has 0 spiro atoms. The van der Waals surface area contributed by atoms with Crippen LogP contribution in [-0.4, -0.2) is 18.4 Å². The van der Waals surface area contributed by atoms with Crippen LogP contribution < -0.4 is 0 Å². The quantitative estimate of drug-likeness (QED) is 0.151. The van der Waals surface area contributed by atoms with E-state index < -0.39 is 18.4 Å². The van der Waals surface area contributed by atoms with Gasteiger partial charge in [0, 0.05) is 6.42 Å². The van der Waals surface area contributed by atoms with E-state index in [1.165, 1.54) is 16.7 Å². The highest BCUT2D eigenvalue weighted by Gasteiger charge is 2.50. The van der Waals surface area contributed by atoms with Crippen LogP contribution >= 0.6 is 0 Å². The van der Waals surface area contributed by atoms with E-state index >= 15 is 0 Å². The van der Waals surface area contributed by atoms with Crippen molar-refractivity contribution < 1.29 is 14.3 Å². The van der Waals surface area contributed by atoms with Gasteiger partial charge in [0.2, 0.25) is 0 Å². The van der Waals surface area contributed by atoms with Crippen LogP contribution in [-0.2, 0) is 15.9 Å². The average Bonchev–Trinajstić information content (AvgIpc) is 3.71. The van der Waals surface area contributed by atoms with Crippen LogP contribution in [0.1, 0.15) is 28.2 Å². The summed E-state index contributed by atoms with van der Waals surface area (Å²) in [6.45, 7) is 2.16. The normalized spacial score (nSPS) is 16.7. The van der Waals surface area contributed by atoms with E-state index in [1.54, 1.807) is 0 Å². The van der Waals surface area contributed by atoms with E-state index in [-0.39, 0.29) is 5.92 Å². The van der Waals surface area contributed by atoms with Crippen LogP contribution in [0.3, 0.4) is 0 Å². The van der Waals surface area contributed by atoms with Crippen LogP contribution in [0, 0.1) is 6.92 Å². The Kier molecular flexibility index (Phi) is 9.16. The lowest BCUT2D eigenvalue weighted by Crippen LogP contribution is -2.38. The summed E-state index contributed by atoms with van der Waals surface area (Å²) >= 11 is 0. The van der Waals surface area contributed by atoms with Gasteiger partial charge in [-0.15, -0.1) is 0 Å². The lowest BCUT2D eigenvalue weighted by Gasteiger charge is -2.38. The van der Waals surface area contributed by atoms with Gasteiger partial charge in [0.1, 0.15) is 6.10 Å². The zero-order chi connectivity index (χ0) is 40.9. The number of hydrogen-bond acceptors (Lipinski definition) is 3. The molecule has 1 aliphatic heterocycles. The van der Waals surface area contributed by atoms with Gasteiger partial charge in [0.25, 0.3) is 0 Å². The molecule has 0 bridgehead atoms. The van der Waals surface area contributed by atoms with Crippen LogP contribution in [0.15, 0.2) is 206 Å². The van der Waals surface area contributed by atoms with Crippen molar-refractivity contribution in [2.45, 2.75) is 31.5 Å². The molecule has 2 aliphatic rings. The molecule has 292 valence electrons. The molecule has 1 saturated heterocycles. The number of fused-ring (bicyclic) bond motifs is 3. The lowest BCUT2D eigenvalue weighted by molar-refractivity contribution is 0.114. The van der Waals surface area contributed by atoms with Crippen molar-refractivity contribution in [3.63, 3.8) is 0 Å². The van der Waals surface area contributed by atoms with Gasteiger partial charge in [-0.2, -0.15) is 0 Å². The van der Waals surface area contributed by atoms with Crippen molar-refractivity contribution in [3.05, 3.63) is 229 Å². The van der Waals surface area contributed by atoms with Crippen molar-refractivity contribution >= 4 is 16.9 Å². The first-order valence-electron chi connectivity index (χ1n) is 21.1.